The number of aromatic nitrogens is 1. The molecule has 0 bridgehead atoms. The Kier molecular flexibility index (Phi) is 3.55. The molecule has 0 aliphatic carbocycles. The van der Waals surface area contributed by atoms with Gasteiger partial charge in [0.05, 0.1) is 12.1 Å². The summed E-state index contributed by atoms with van der Waals surface area (Å²) in [5.41, 5.74) is -0.954. The van der Waals surface area contributed by atoms with Crippen molar-refractivity contribution in [2.75, 3.05) is 12.3 Å². The molecule has 2 rings (SSSR count). The number of carbonyl (C=O) groups excluding carboxylic acids is 1. The number of hydrogen-bond acceptors (Lipinski definition) is 4. The zero-order valence-corrected chi connectivity index (χ0v) is 9.81. The number of thioether (sulfide) groups is 1. The van der Waals surface area contributed by atoms with Crippen LogP contribution in [-0.4, -0.2) is 28.4 Å². The van der Waals surface area contributed by atoms with Crippen LogP contribution in [0.5, 0.6) is 0 Å². The molecule has 0 fully saturated rings. The first-order chi connectivity index (χ1) is 8.47. The Bertz CT molecular complexity index is 484. The minimum atomic E-state index is -4.50. The minimum absolute atomic E-state index is 0.0678. The fourth-order valence-electron chi connectivity index (χ4n) is 1.28. The topological polar surface area (TPSA) is 54.4 Å². The summed E-state index contributed by atoms with van der Waals surface area (Å²) < 4.78 is 36.8. The Morgan fingerprint density at radius 1 is 1.39 bits per heavy atom. The predicted octanol–water partition coefficient (Wildman–Crippen LogP) is 1.93. The third-order valence-corrected chi connectivity index (χ3v) is 3.01. The van der Waals surface area contributed by atoms with Crippen LogP contribution in [0, 0.1) is 0 Å². The lowest BCUT2D eigenvalue weighted by atomic mass is 10.2. The molecule has 1 aliphatic rings. The molecule has 1 aromatic rings. The molecule has 1 N–H and O–H groups in total. The van der Waals surface area contributed by atoms with Crippen molar-refractivity contribution in [3.8, 4) is 0 Å². The second-order valence-electron chi connectivity index (χ2n) is 3.42. The van der Waals surface area contributed by atoms with Crippen LogP contribution < -0.4 is 5.32 Å². The quantitative estimate of drug-likeness (QED) is 0.852. The summed E-state index contributed by atoms with van der Waals surface area (Å²) in [4.78, 5) is 18.9. The molecule has 0 saturated carbocycles. The highest BCUT2D eigenvalue weighted by molar-refractivity contribution is 8.14. The fourth-order valence-corrected chi connectivity index (χ4v) is 2.00. The van der Waals surface area contributed by atoms with Crippen molar-refractivity contribution in [2.24, 2.45) is 4.99 Å². The Morgan fingerprint density at radius 3 is 2.67 bits per heavy atom. The molecule has 4 nitrogen and oxygen atoms in total. The van der Waals surface area contributed by atoms with Crippen molar-refractivity contribution in [3.63, 3.8) is 0 Å². The molecular formula is C10H8F3N3OS. The van der Waals surface area contributed by atoms with Gasteiger partial charge in [-0.05, 0) is 12.1 Å². The Labute approximate surface area is 105 Å². The smallest absolute Gasteiger partial charge is 0.301 e. The van der Waals surface area contributed by atoms with Crippen LogP contribution in [0.1, 0.15) is 16.1 Å². The number of aliphatic imine (C=N–C) groups is 1. The van der Waals surface area contributed by atoms with Crippen LogP contribution in [0.15, 0.2) is 23.3 Å². The van der Waals surface area contributed by atoms with Gasteiger partial charge < -0.3 is 5.32 Å². The average molecular weight is 275 g/mol. The molecule has 0 atom stereocenters. The first-order valence-electron chi connectivity index (χ1n) is 4.98. The molecule has 1 aliphatic heterocycles. The largest absolute Gasteiger partial charge is 0.433 e. The van der Waals surface area contributed by atoms with Gasteiger partial charge in [0.2, 0.25) is 0 Å². The van der Waals surface area contributed by atoms with Gasteiger partial charge in [-0.1, -0.05) is 11.8 Å². The van der Waals surface area contributed by atoms with Crippen molar-refractivity contribution in [1.29, 1.82) is 0 Å². The number of halogens is 3. The summed E-state index contributed by atoms with van der Waals surface area (Å²) in [6.07, 6.45) is -3.60. The SMILES string of the molecule is O=C(NC1=NCCS1)c1ccc(C(F)(F)F)nc1. The van der Waals surface area contributed by atoms with E-state index < -0.39 is 17.8 Å². The Morgan fingerprint density at radius 2 is 2.17 bits per heavy atom. The summed E-state index contributed by atoms with van der Waals surface area (Å²) in [5.74, 6) is 0.283. The summed E-state index contributed by atoms with van der Waals surface area (Å²) in [7, 11) is 0. The van der Waals surface area contributed by atoms with Gasteiger partial charge in [0.25, 0.3) is 5.91 Å². The van der Waals surface area contributed by atoms with Crippen molar-refractivity contribution >= 4 is 22.8 Å². The van der Waals surface area contributed by atoms with Gasteiger partial charge in [0.15, 0.2) is 5.17 Å². The number of rotatable bonds is 1. The first kappa shape index (κ1) is 12.9. The van der Waals surface area contributed by atoms with Gasteiger partial charge in [-0.25, -0.2) is 0 Å². The van der Waals surface area contributed by atoms with Gasteiger partial charge in [0.1, 0.15) is 5.69 Å². The molecule has 18 heavy (non-hydrogen) atoms. The van der Waals surface area contributed by atoms with Crippen LogP contribution in [-0.2, 0) is 6.18 Å². The summed E-state index contributed by atoms with van der Waals surface area (Å²) in [6.45, 7) is 0.630. The summed E-state index contributed by atoms with van der Waals surface area (Å²) in [5, 5.41) is 2.99. The van der Waals surface area contributed by atoms with Crippen molar-refractivity contribution in [2.45, 2.75) is 6.18 Å². The van der Waals surface area contributed by atoms with Gasteiger partial charge in [-0.15, -0.1) is 0 Å². The molecule has 0 spiro atoms. The highest BCUT2D eigenvalue weighted by Crippen LogP contribution is 2.27. The number of carbonyl (C=O) groups is 1. The molecular weight excluding hydrogens is 267 g/mol. The van der Waals surface area contributed by atoms with E-state index in [0.29, 0.717) is 11.7 Å². The Balaban J connectivity index is 2.07. The van der Waals surface area contributed by atoms with Gasteiger partial charge in [0, 0.05) is 11.9 Å². The maximum atomic E-state index is 12.3. The maximum Gasteiger partial charge on any atom is 0.433 e. The summed E-state index contributed by atoms with van der Waals surface area (Å²) in [6, 6.07) is 1.86. The van der Waals surface area contributed by atoms with E-state index in [4.69, 9.17) is 0 Å². The van der Waals surface area contributed by atoms with Crippen molar-refractivity contribution in [1.82, 2.24) is 10.3 Å². The van der Waals surface area contributed by atoms with Crippen molar-refractivity contribution in [3.05, 3.63) is 29.6 Å². The Hall–Kier alpha value is -1.57. The summed E-state index contributed by atoms with van der Waals surface area (Å²) >= 11 is 1.39. The van der Waals surface area contributed by atoms with E-state index in [1.165, 1.54) is 11.8 Å². The van der Waals surface area contributed by atoms with Gasteiger partial charge in [-0.3, -0.25) is 14.8 Å². The van der Waals surface area contributed by atoms with Crippen LogP contribution in [0.2, 0.25) is 0 Å². The molecule has 0 radical (unpaired) electrons. The van der Waals surface area contributed by atoms with E-state index in [1.807, 2.05) is 0 Å². The third-order valence-electron chi connectivity index (χ3n) is 2.12. The third kappa shape index (κ3) is 3.00. The number of hydrogen-bond donors (Lipinski definition) is 1. The number of nitrogens with zero attached hydrogens (tertiary/aromatic N) is 2. The maximum absolute atomic E-state index is 12.3. The van der Waals surface area contributed by atoms with Crippen LogP contribution in [0.25, 0.3) is 0 Å². The fraction of sp³-hybridized carbons (Fsp3) is 0.300. The normalized spacial score (nSPS) is 15.4. The number of amidine groups is 1. The molecule has 0 saturated heterocycles. The molecule has 2 heterocycles. The van der Waals surface area contributed by atoms with Gasteiger partial charge >= 0.3 is 6.18 Å². The number of amides is 1. The lowest BCUT2D eigenvalue weighted by Gasteiger charge is -2.06. The number of nitrogens with one attached hydrogen (secondary N) is 1. The molecule has 8 heteroatoms. The molecule has 0 unspecified atom stereocenters. The minimum Gasteiger partial charge on any atom is -0.301 e. The van der Waals surface area contributed by atoms with Gasteiger partial charge in [-0.2, -0.15) is 13.2 Å². The van der Waals surface area contributed by atoms with E-state index in [9.17, 15) is 18.0 Å². The molecule has 0 aromatic carbocycles. The van der Waals surface area contributed by atoms with E-state index in [1.54, 1.807) is 0 Å². The lowest BCUT2D eigenvalue weighted by molar-refractivity contribution is -0.141. The first-order valence-corrected chi connectivity index (χ1v) is 5.97. The van der Waals surface area contributed by atoms with E-state index in [0.717, 1.165) is 24.1 Å². The van der Waals surface area contributed by atoms with Crippen LogP contribution in [0.4, 0.5) is 13.2 Å². The zero-order valence-electron chi connectivity index (χ0n) is 8.99. The molecule has 1 amide bonds. The zero-order chi connectivity index (χ0) is 13.2. The highest BCUT2D eigenvalue weighted by Gasteiger charge is 2.32. The lowest BCUT2D eigenvalue weighted by Crippen LogP contribution is -2.27. The van der Waals surface area contributed by atoms with Crippen LogP contribution in [0.3, 0.4) is 0 Å². The number of pyridine rings is 1. The highest BCUT2D eigenvalue weighted by atomic mass is 32.2. The van der Waals surface area contributed by atoms with Crippen molar-refractivity contribution < 1.29 is 18.0 Å². The van der Waals surface area contributed by atoms with E-state index >= 15 is 0 Å². The predicted molar refractivity (Wildman–Crippen MR) is 61.5 cm³/mol. The molecule has 1 aromatic heterocycles. The van der Waals surface area contributed by atoms with E-state index in [-0.39, 0.29) is 5.56 Å². The monoisotopic (exact) mass is 275 g/mol. The second-order valence-corrected chi connectivity index (χ2v) is 4.50. The second kappa shape index (κ2) is 4.97. The molecule has 96 valence electrons. The standard InChI is InChI=1S/C10H8F3N3OS/c11-10(12,13)7-2-1-6(5-15-7)8(17)16-9-14-3-4-18-9/h1-2,5H,3-4H2,(H,14,16,17). The van der Waals surface area contributed by atoms with Crippen LogP contribution >= 0.6 is 11.8 Å². The van der Waals surface area contributed by atoms with E-state index in [2.05, 4.69) is 15.3 Å². The average Bonchev–Trinajstić information content (AvgIpc) is 2.81. The number of alkyl halides is 3.